The Labute approximate surface area is 101 Å². The molecule has 1 aliphatic carbocycles. The zero-order valence-corrected chi connectivity index (χ0v) is 10.3. The van der Waals surface area contributed by atoms with Crippen molar-refractivity contribution in [3.63, 3.8) is 0 Å². The minimum atomic E-state index is -2.84. The fourth-order valence-corrected chi connectivity index (χ4v) is 2.02. The number of amides is 1. The molecule has 1 aliphatic rings. The van der Waals surface area contributed by atoms with Crippen LogP contribution < -0.4 is 5.32 Å². The minimum Gasteiger partial charge on any atom is -0.356 e. The maximum atomic E-state index is 13.7. The number of hydrogen-bond acceptors (Lipinski definition) is 1. The third-order valence-corrected chi connectivity index (χ3v) is 3.06. The van der Waals surface area contributed by atoms with Crippen molar-refractivity contribution in [2.75, 3.05) is 6.54 Å². The molecule has 1 unspecified atom stereocenters. The van der Waals surface area contributed by atoms with E-state index in [0.29, 0.717) is 19.4 Å². The van der Waals surface area contributed by atoms with Crippen LogP contribution in [-0.2, 0) is 4.79 Å². The summed E-state index contributed by atoms with van der Waals surface area (Å²) in [5.41, 5.74) is 0. The Kier molecular flexibility index (Phi) is 5.59. The van der Waals surface area contributed by atoms with E-state index in [-0.39, 0.29) is 12.3 Å². The Hall–Kier alpha value is -0.930. The normalized spacial score (nSPS) is 23.8. The van der Waals surface area contributed by atoms with Crippen LogP contribution in [-0.4, -0.2) is 18.4 Å². The molecule has 0 heterocycles. The van der Waals surface area contributed by atoms with Gasteiger partial charge in [0.2, 0.25) is 5.91 Å². The molecule has 4 heteroatoms. The summed E-state index contributed by atoms with van der Waals surface area (Å²) in [6.45, 7) is 2.50. The quantitative estimate of drug-likeness (QED) is 0.757. The zero-order chi connectivity index (χ0) is 12.7. The first-order chi connectivity index (χ1) is 8.06. The molecular weight excluding hydrogens is 224 g/mol. The molecule has 0 bridgehead atoms. The van der Waals surface area contributed by atoms with E-state index in [1.807, 2.05) is 6.92 Å². The van der Waals surface area contributed by atoms with E-state index in [1.54, 1.807) is 0 Å². The Balaban J connectivity index is 2.56. The standard InChI is InChI=1S/C13H21F2NO/c1-2-9-16-12(17)10-11-7-5-3-4-6-8-13(11,14)15/h6,8,11H,2-5,7,9-10H2,1H3,(H,16,17). The molecule has 0 fully saturated rings. The molecule has 1 atom stereocenters. The van der Waals surface area contributed by atoms with Gasteiger partial charge in [0.1, 0.15) is 0 Å². The van der Waals surface area contributed by atoms with E-state index < -0.39 is 11.8 Å². The lowest BCUT2D eigenvalue weighted by Gasteiger charge is -2.25. The van der Waals surface area contributed by atoms with Gasteiger partial charge in [-0.1, -0.05) is 19.4 Å². The second kappa shape index (κ2) is 6.72. The number of rotatable bonds is 4. The van der Waals surface area contributed by atoms with Crippen LogP contribution in [0.1, 0.15) is 45.4 Å². The summed E-state index contributed by atoms with van der Waals surface area (Å²) in [5, 5.41) is 2.66. The van der Waals surface area contributed by atoms with Gasteiger partial charge in [0.15, 0.2) is 0 Å². The molecule has 0 radical (unpaired) electrons. The van der Waals surface area contributed by atoms with Crippen molar-refractivity contribution in [3.8, 4) is 0 Å². The molecule has 1 N–H and O–H groups in total. The highest BCUT2D eigenvalue weighted by Crippen LogP contribution is 2.34. The van der Waals surface area contributed by atoms with Gasteiger partial charge in [-0.25, -0.2) is 8.78 Å². The summed E-state index contributed by atoms with van der Waals surface area (Å²) in [6, 6.07) is 0. The van der Waals surface area contributed by atoms with Crippen LogP contribution in [0.15, 0.2) is 12.2 Å². The van der Waals surface area contributed by atoms with Crippen LogP contribution >= 0.6 is 0 Å². The Morgan fingerprint density at radius 3 is 2.94 bits per heavy atom. The first kappa shape index (κ1) is 14.1. The van der Waals surface area contributed by atoms with Gasteiger partial charge in [-0.15, -0.1) is 0 Å². The van der Waals surface area contributed by atoms with E-state index in [1.165, 1.54) is 6.08 Å². The first-order valence-corrected chi connectivity index (χ1v) is 6.38. The third kappa shape index (κ3) is 4.84. The molecule has 0 saturated carbocycles. The van der Waals surface area contributed by atoms with Crippen LogP contribution in [0.25, 0.3) is 0 Å². The lowest BCUT2D eigenvalue weighted by Crippen LogP contribution is -2.33. The molecule has 1 rings (SSSR count). The van der Waals surface area contributed by atoms with Crippen molar-refractivity contribution in [2.24, 2.45) is 5.92 Å². The average molecular weight is 245 g/mol. The second-order valence-corrected chi connectivity index (χ2v) is 4.61. The Morgan fingerprint density at radius 2 is 2.24 bits per heavy atom. The largest absolute Gasteiger partial charge is 0.356 e. The van der Waals surface area contributed by atoms with Crippen LogP contribution in [0.2, 0.25) is 0 Å². The van der Waals surface area contributed by atoms with E-state index in [2.05, 4.69) is 5.32 Å². The van der Waals surface area contributed by atoms with Gasteiger partial charge >= 0.3 is 0 Å². The average Bonchev–Trinajstić information content (AvgIpc) is 2.27. The molecule has 98 valence electrons. The number of allylic oxidation sites excluding steroid dienone is 2. The molecule has 2 nitrogen and oxygen atoms in total. The van der Waals surface area contributed by atoms with Crippen molar-refractivity contribution < 1.29 is 13.6 Å². The van der Waals surface area contributed by atoms with Crippen LogP contribution in [0.3, 0.4) is 0 Å². The Morgan fingerprint density at radius 1 is 1.47 bits per heavy atom. The van der Waals surface area contributed by atoms with E-state index in [9.17, 15) is 13.6 Å². The zero-order valence-electron chi connectivity index (χ0n) is 10.3. The van der Waals surface area contributed by atoms with E-state index in [0.717, 1.165) is 25.3 Å². The number of carbonyl (C=O) groups excluding carboxylic acids is 1. The molecule has 0 aromatic heterocycles. The van der Waals surface area contributed by atoms with E-state index >= 15 is 0 Å². The van der Waals surface area contributed by atoms with Gasteiger partial charge in [0, 0.05) is 18.9 Å². The van der Waals surface area contributed by atoms with Crippen LogP contribution in [0, 0.1) is 5.92 Å². The van der Waals surface area contributed by atoms with Crippen LogP contribution in [0.5, 0.6) is 0 Å². The third-order valence-electron chi connectivity index (χ3n) is 3.06. The highest BCUT2D eigenvalue weighted by Gasteiger charge is 2.37. The molecule has 0 spiro atoms. The second-order valence-electron chi connectivity index (χ2n) is 4.61. The number of carbonyl (C=O) groups is 1. The molecule has 17 heavy (non-hydrogen) atoms. The Bertz CT molecular complexity index is 277. The fourth-order valence-electron chi connectivity index (χ4n) is 2.02. The van der Waals surface area contributed by atoms with Gasteiger partial charge in [-0.2, -0.15) is 0 Å². The van der Waals surface area contributed by atoms with Crippen molar-refractivity contribution in [1.82, 2.24) is 5.32 Å². The lowest BCUT2D eigenvalue weighted by molar-refractivity contribution is -0.125. The number of nitrogens with one attached hydrogen (secondary N) is 1. The molecule has 0 saturated heterocycles. The monoisotopic (exact) mass is 245 g/mol. The highest BCUT2D eigenvalue weighted by atomic mass is 19.3. The minimum absolute atomic E-state index is 0.0721. The first-order valence-electron chi connectivity index (χ1n) is 6.38. The number of alkyl halides is 2. The molecule has 1 amide bonds. The maximum absolute atomic E-state index is 13.7. The molecular formula is C13H21F2NO. The predicted molar refractivity (Wildman–Crippen MR) is 64.0 cm³/mol. The number of hydrogen-bond donors (Lipinski definition) is 1. The summed E-state index contributed by atoms with van der Waals surface area (Å²) in [7, 11) is 0. The lowest BCUT2D eigenvalue weighted by atomic mass is 9.88. The van der Waals surface area contributed by atoms with Gasteiger partial charge < -0.3 is 5.32 Å². The van der Waals surface area contributed by atoms with Crippen LogP contribution in [0.4, 0.5) is 8.78 Å². The highest BCUT2D eigenvalue weighted by molar-refractivity contribution is 5.76. The smallest absolute Gasteiger partial charge is 0.269 e. The van der Waals surface area contributed by atoms with Gasteiger partial charge in [0.05, 0.1) is 0 Å². The van der Waals surface area contributed by atoms with Gasteiger partial charge in [0.25, 0.3) is 5.92 Å². The van der Waals surface area contributed by atoms with Crippen molar-refractivity contribution >= 4 is 5.91 Å². The topological polar surface area (TPSA) is 29.1 Å². The fraction of sp³-hybridized carbons (Fsp3) is 0.769. The summed E-state index contributed by atoms with van der Waals surface area (Å²) in [4.78, 5) is 11.5. The van der Waals surface area contributed by atoms with Crippen molar-refractivity contribution in [2.45, 2.75) is 51.4 Å². The summed E-state index contributed by atoms with van der Waals surface area (Å²) < 4.78 is 27.5. The summed E-state index contributed by atoms with van der Waals surface area (Å²) >= 11 is 0. The predicted octanol–water partition coefficient (Wildman–Crippen LogP) is 3.28. The van der Waals surface area contributed by atoms with Gasteiger partial charge in [-0.3, -0.25) is 4.79 Å². The molecule has 0 aliphatic heterocycles. The summed E-state index contributed by atoms with van der Waals surface area (Å²) in [5.74, 6) is -3.95. The SMILES string of the molecule is CCCNC(=O)CC1CCCCC=CC1(F)F. The van der Waals surface area contributed by atoms with E-state index in [4.69, 9.17) is 0 Å². The maximum Gasteiger partial charge on any atom is 0.269 e. The number of halogens is 2. The molecule has 0 aromatic rings. The van der Waals surface area contributed by atoms with Crippen molar-refractivity contribution in [1.29, 1.82) is 0 Å². The van der Waals surface area contributed by atoms with Gasteiger partial charge in [-0.05, 0) is 31.8 Å². The molecule has 0 aromatic carbocycles. The van der Waals surface area contributed by atoms with Crippen molar-refractivity contribution in [3.05, 3.63) is 12.2 Å². The summed E-state index contributed by atoms with van der Waals surface area (Å²) in [6.07, 6.45) is 6.11.